The van der Waals surface area contributed by atoms with Crippen molar-refractivity contribution in [3.63, 3.8) is 0 Å². The van der Waals surface area contributed by atoms with Crippen LogP contribution in [0, 0.1) is 5.41 Å². The van der Waals surface area contributed by atoms with Crippen molar-refractivity contribution in [1.82, 2.24) is 0 Å². The molecule has 0 radical (unpaired) electrons. The number of carbonyl (C=O) groups is 2. The Hall–Kier alpha value is -2.76. The fourth-order valence-electron chi connectivity index (χ4n) is 4.59. The van der Waals surface area contributed by atoms with Crippen LogP contribution in [0.1, 0.15) is 38.2 Å². The van der Waals surface area contributed by atoms with Crippen LogP contribution in [0.2, 0.25) is 10.0 Å². The van der Waals surface area contributed by atoms with E-state index in [4.69, 9.17) is 34.7 Å². The third kappa shape index (κ3) is 3.84. The van der Waals surface area contributed by atoms with Crippen molar-refractivity contribution in [2.45, 2.75) is 32.6 Å². The number of Topliss-reactive ketones (excluding diaryl/α,β-unsaturated/α-hetero) is 1. The lowest BCUT2D eigenvalue weighted by Crippen LogP contribution is -2.44. The zero-order valence-corrected chi connectivity index (χ0v) is 18.8. The number of primary amides is 1. The maximum Gasteiger partial charge on any atom is 0.249 e. The van der Waals surface area contributed by atoms with Gasteiger partial charge in [0.15, 0.2) is 5.78 Å². The summed E-state index contributed by atoms with van der Waals surface area (Å²) in [5.74, 6) is -1.19. The quantitative estimate of drug-likeness (QED) is 0.688. The van der Waals surface area contributed by atoms with Gasteiger partial charge < -0.3 is 11.5 Å². The van der Waals surface area contributed by atoms with Gasteiger partial charge in [-0.1, -0.05) is 55.2 Å². The number of hydrogen-bond acceptors (Lipinski definition) is 4. The molecule has 0 fully saturated rings. The molecule has 4 N–H and O–H groups in total. The highest BCUT2D eigenvalue weighted by Crippen LogP contribution is 2.50. The Morgan fingerprint density at radius 2 is 1.71 bits per heavy atom. The molecule has 1 amide bonds. The average molecular weight is 456 g/mol. The molecular weight excluding hydrogens is 433 g/mol. The molecule has 1 aliphatic carbocycles. The van der Waals surface area contributed by atoms with Crippen molar-refractivity contribution >= 4 is 40.6 Å². The van der Waals surface area contributed by atoms with Crippen molar-refractivity contribution in [1.29, 1.82) is 0 Å². The predicted molar refractivity (Wildman–Crippen MR) is 124 cm³/mol. The lowest BCUT2D eigenvalue weighted by Gasteiger charge is -2.44. The summed E-state index contributed by atoms with van der Waals surface area (Å²) in [6, 6.07) is 14.3. The highest BCUT2D eigenvalue weighted by atomic mass is 35.5. The summed E-state index contributed by atoms with van der Waals surface area (Å²) >= 11 is 12.5. The van der Waals surface area contributed by atoms with Crippen molar-refractivity contribution in [2.75, 3.05) is 4.90 Å². The van der Waals surface area contributed by atoms with E-state index in [9.17, 15) is 9.59 Å². The van der Waals surface area contributed by atoms with E-state index in [1.807, 2.05) is 26.0 Å². The molecule has 1 aliphatic heterocycles. The summed E-state index contributed by atoms with van der Waals surface area (Å²) < 4.78 is 0. The molecule has 7 heteroatoms. The number of rotatable bonds is 3. The summed E-state index contributed by atoms with van der Waals surface area (Å²) in [7, 11) is 0. The first kappa shape index (κ1) is 21.5. The fourth-order valence-corrected chi connectivity index (χ4v) is 4.97. The van der Waals surface area contributed by atoms with E-state index < -0.39 is 11.8 Å². The van der Waals surface area contributed by atoms with Crippen LogP contribution in [0.4, 0.5) is 5.69 Å². The number of ketones is 1. The van der Waals surface area contributed by atoms with Gasteiger partial charge in [-0.15, -0.1) is 0 Å². The van der Waals surface area contributed by atoms with Gasteiger partial charge in [0.25, 0.3) is 0 Å². The number of allylic oxidation sites excluding steroid dienone is 2. The predicted octanol–water partition coefficient (Wildman–Crippen LogP) is 4.90. The van der Waals surface area contributed by atoms with Gasteiger partial charge in [-0.3, -0.25) is 14.5 Å². The summed E-state index contributed by atoms with van der Waals surface area (Å²) in [4.78, 5) is 27.9. The maximum absolute atomic E-state index is 13.5. The fraction of sp³-hybridized carbons (Fsp3) is 0.250. The second kappa shape index (κ2) is 7.74. The molecule has 0 spiro atoms. The number of nitrogens with two attached hydrogens (primary N) is 2. The third-order valence-corrected chi connectivity index (χ3v) is 6.24. The molecule has 0 aromatic heterocycles. The number of amides is 1. The van der Waals surface area contributed by atoms with Crippen LogP contribution in [0.15, 0.2) is 71.2 Å². The number of halogens is 2. The smallest absolute Gasteiger partial charge is 0.249 e. The van der Waals surface area contributed by atoms with Crippen LogP contribution in [0.25, 0.3) is 0 Å². The molecule has 5 nitrogen and oxygen atoms in total. The number of anilines is 1. The average Bonchev–Trinajstić information content (AvgIpc) is 2.65. The Morgan fingerprint density at radius 1 is 1.06 bits per heavy atom. The molecule has 1 atom stereocenters. The van der Waals surface area contributed by atoms with E-state index in [1.54, 1.807) is 41.3 Å². The zero-order chi connectivity index (χ0) is 22.5. The van der Waals surface area contributed by atoms with Crippen LogP contribution < -0.4 is 16.4 Å². The lowest BCUT2D eigenvalue weighted by atomic mass is 9.68. The molecule has 0 saturated heterocycles. The van der Waals surface area contributed by atoms with Crippen LogP contribution in [-0.2, 0) is 9.59 Å². The molecule has 1 unspecified atom stereocenters. The Balaban J connectivity index is 2.04. The van der Waals surface area contributed by atoms with Gasteiger partial charge >= 0.3 is 0 Å². The standard InChI is InChI=1S/C24H23Cl2N3O2/c1-24(2)11-17-20(18(30)12-24)19(13-5-3-6-14(25)9-13)21(23(28)31)22(27)29(17)16-8-4-7-15(26)10-16/h3-10,19H,11-12,27H2,1-2H3,(H2,28,31). The molecular formula is C24H23Cl2N3O2. The van der Waals surface area contributed by atoms with Gasteiger partial charge in [0.05, 0.1) is 5.57 Å². The minimum Gasteiger partial charge on any atom is -0.384 e. The van der Waals surface area contributed by atoms with E-state index in [0.717, 1.165) is 5.70 Å². The molecule has 0 saturated carbocycles. The number of hydrogen-bond donors (Lipinski definition) is 2. The monoisotopic (exact) mass is 455 g/mol. The minimum atomic E-state index is -0.682. The summed E-state index contributed by atoms with van der Waals surface area (Å²) in [5.41, 5.74) is 15.0. The molecule has 31 heavy (non-hydrogen) atoms. The van der Waals surface area contributed by atoms with Crippen LogP contribution in [0.3, 0.4) is 0 Å². The van der Waals surface area contributed by atoms with Gasteiger partial charge in [0, 0.05) is 39.3 Å². The Morgan fingerprint density at radius 3 is 2.32 bits per heavy atom. The largest absolute Gasteiger partial charge is 0.384 e. The zero-order valence-electron chi connectivity index (χ0n) is 17.3. The highest BCUT2D eigenvalue weighted by Gasteiger charge is 2.45. The van der Waals surface area contributed by atoms with Crippen molar-refractivity contribution < 1.29 is 9.59 Å². The van der Waals surface area contributed by atoms with Crippen LogP contribution in [0.5, 0.6) is 0 Å². The summed E-state index contributed by atoms with van der Waals surface area (Å²) in [6.07, 6.45) is 0.961. The SMILES string of the molecule is CC1(C)CC(=O)C2=C(C1)N(c1cccc(Cl)c1)C(N)=C(C(N)=O)C2c1cccc(Cl)c1. The van der Waals surface area contributed by atoms with E-state index in [2.05, 4.69) is 0 Å². The van der Waals surface area contributed by atoms with Crippen molar-refractivity contribution in [3.8, 4) is 0 Å². The third-order valence-electron chi connectivity index (χ3n) is 5.77. The first-order valence-electron chi connectivity index (χ1n) is 9.96. The van der Waals surface area contributed by atoms with E-state index >= 15 is 0 Å². The number of benzene rings is 2. The van der Waals surface area contributed by atoms with E-state index in [1.165, 1.54) is 0 Å². The minimum absolute atomic E-state index is 0.0329. The van der Waals surface area contributed by atoms with Gasteiger partial charge in [-0.2, -0.15) is 0 Å². The maximum atomic E-state index is 13.5. The van der Waals surface area contributed by atoms with Gasteiger partial charge in [0.1, 0.15) is 5.82 Å². The molecule has 4 rings (SSSR count). The van der Waals surface area contributed by atoms with Crippen LogP contribution in [-0.4, -0.2) is 11.7 Å². The van der Waals surface area contributed by atoms with Gasteiger partial charge in [-0.25, -0.2) is 0 Å². The lowest BCUT2D eigenvalue weighted by molar-refractivity contribution is -0.118. The molecule has 0 bridgehead atoms. The Bertz CT molecular complexity index is 1170. The summed E-state index contributed by atoms with van der Waals surface area (Å²) in [6.45, 7) is 4.09. The van der Waals surface area contributed by atoms with Crippen molar-refractivity contribution in [2.24, 2.45) is 16.9 Å². The first-order chi connectivity index (χ1) is 14.6. The molecule has 2 aromatic rings. The molecule has 1 heterocycles. The Labute approximate surface area is 191 Å². The topological polar surface area (TPSA) is 89.4 Å². The second-order valence-electron chi connectivity index (χ2n) is 8.77. The Kier molecular flexibility index (Phi) is 5.36. The molecule has 160 valence electrons. The van der Waals surface area contributed by atoms with Gasteiger partial charge in [-0.05, 0) is 47.7 Å². The number of carbonyl (C=O) groups excluding carboxylic acids is 2. The summed E-state index contributed by atoms with van der Waals surface area (Å²) in [5, 5.41) is 1.02. The molecule has 2 aliphatic rings. The normalized spacial score (nSPS) is 20.7. The first-order valence-corrected chi connectivity index (χ1v) is 10.7. The molecule has 2 aromatic carbocycles. The number of nitrogens with zero attached hydrogens (tertiary/aromatic N) is 1. The van der Waals surface area contributed by atoms with E-state index in [-0.39, 0.29) is 22.6 Å². The van der Waals surface area contributed by atoms with Crippen LogP contribution >= 0.6 is 23.2 Å². The van der Waals surface area contributed by atoms with Crippen molar-refractivity contribution in [3.05, 3.63) is 86.8 Å². The highest BCUT2D eigenvalue weighted by molar-refractivity contribution is 6.31. The van der Waals surface area contributed by atoms with Gasteiger partial charge in [0.2, 0.25) is 5.91 Å². The second-order valence-corrected chi connectivity index (χ2v) is 9.64. The van der Waals surface area contributed by atoms with E-state index in [0.29, 0.717) is 39.7 Å².